The van der Waals surface area contributed by atoms with Gasteiger partial charge in [-0.1, -0.05) is 29.8 Å². The van der Waals surface area contributed by atoms with E-state index in [-0.39, 0.29) is 5.69 Å². The predicted molar refractivity (Wildman–Crippen MR) is 106 cm³/mol. The third kappa shape index (κ3) is 3.48. The second kappa shape index (κ2) is 6.96. The summed E-state index contributed by atoms with van der Waals surface area (Å²) in [6, 6.07) is 13.6. The van der Waals surface area contributed by atoms with Crippen molar-refractivity contribution >= 4 is 22.6 Å². The van der Waals surface area contributed by atoms with Crippen molar-refractivity contribution in [3.05, 3.63) is 79.5 Å². The van der Waals surface area contributed by atoms with Gasteiger partial charge in [0.1, 0.15) is 0 Å². The number of nitrogens with one attached hydrogen (secondary N) is 1. The molecule has 2 aliphatic rings. The molecular weight excluding hydrogens is 364 g/mol. The summed E-state index contributed by atoms with van der Waals surface area (Å²) in [6.07, 6.45) is 1.66. The lowest BCUT2D eigenvalue weighted by molar-refractivity contribution is 0.649. The van der Waals surface area contributed by atoms with E-state index in [1.807, 2.05) is 54.0 Å². The zero-order valence-corrected chi connectivity index (χ0v) is 15.5. The minimum Gasteiger partial charge on any atom is -0.322 e. The fraction of sp³-hybridized carbons (Fsp3) is 0.200. The van der Waals surface area contributed by atoms with Gasteiger partial charge in [0.05, 0.1) is 11.0 Å². The van der Waals surface area contributed by atoms with Crippen LogP contribution in [-0.4, -0.2) is 19.5 Å². The van der Waals surface area contributed by atoms with Gasteiger partial charge >= 0.3 is 5.69 Å². The molecule has 0 aliphatic carbocycles. The fourth-order valence-electron chi connectivity index (χ4n) is 3.23. The number of aryl methyl sites for hydroxylation is 3. The van der Waals surface area contributed by atoms with Gasteiger partial charge in [-0.15, -0.1) is 0 Å². The van der Waals surface area contributed by atoms with Gasteiger partial charge < -0.3 is 4.57 Å². The molecule has 0 atom stereocenters. The SMILES string of the molecule is Cc1ccc2c(c1)nc1c(=O)[nH]c(=O)nc-1n2CCCc1ccc(Cl)cc1. The first-order chi connectivity index (χ1) is 13.0. The summed E-state index contributed by atoms with van der Waals surface area (Å²) >= 11 is 5.93. The zero-order valence-electron chi connectivity index (χ0n) is 14.7. The Morgan fingerprint density at radius 1 is 1.07 bits per heavy atom. The molecule has 6 nitrogen and oxygen atoms in total. The van der Waals surface area contributed by atoms with E-state index in [2.05, 4.69) is 15.0 Å². The molecule has 0 fully saturated rings. The second-order valence-electron chi connectivity index (χ2n) is 6.53. The van der Waals surface area contributed by atoms with Gasteiger partial charge in [-0.05, 0) is 55.2 Å². The summed E-state index contributed by atoms with van der Waals surface area (Å²) < 4.78 is 1.91. The number of halogens is 1. The number of nitrogens with zero attached hydrogens (tertiary/aromatic N) is 3. The molecule has 0 bridgehead atoms. The Bertz CT molecular complexity index is 1210. The summed E-state index contributed by atoms with van der Waals surface area (Å²) in [5.41, 5.74) is 2.79. The van der Waals surface area contributed by atoms with E-state index in [0.717, 1.165) is 23.9 Å². The van der Waals surface area contributed by atoms with Gasteiger partial charge in [-0.3, -0.25) is 9.78 Å². The van der Waals surface area contributed by atoms with Crippen LogP contribution in [0.5, 0.6) is 0 Å². The third-order valence-corrected chi connectivity index (χ3v) is 4.78. The Balaban J connectivity index is 1.77. The summed E-state index contributed by atoms with van der Waals surface area (Å²) in [5, 5.41) is 0.709. The van der Waals surface area contributed by atoms with Crippen LogP contribution < -0.4 is 11.2 Å². The summed E-state index contributed by atoms with van der Waals surface area (Å²) in [4.78, 5) is 34.6. The van der Waals surface area contributed by atoms with Gasteiger partial charge in [0, 0.05) is 11.6 Å². The molecule has 0 saturated carbocycles. The number of hydrogen-bond acceptors (Lipinski definition) is 4. The molecule has 0 spiro atoms. The Morgan fingerprint density at radius 3 is 2.63 bits per heavy atom. The molecule has 27 heavy (non-hydrogen) atoms. The van der Waals surface area contributed by atoms with Crippen molar-refractivity contribution in [3.8, 4) is 11.5 Å². The molecule has 2 aliphatic heterocycles. The topological polar surface area (TPSA) is 80.6 Å². The van der Waals surface area contributed by atoms with E-state index in [1.54, 1.807) is 0 Å². The number of H-pyrrole nitrogens is 1. The van der Waals surface area contributed by atoms with Crippen LogP contribution in [0.1, 0.15) is 17.5 Å². The van der Waals surface area contributed by atoms with Crippen molar-refractivity contribution in [1.82, 2.24) is 19.5 Å². The minimum absolute atomic E-state index is 0.180. The van der Waals surface area contributed by atoms with E-state index in [9.17, 15) is 9.59 Å². The Hall–Kier alpha value is -2.99. The Morgan fingerprint density at radius 2 is 1.85 bits per heavy atom. The zero-order chi connectivity index (χ0) is 19.0. The first-order valence-corrected chi connectivity index (χ1v) is 9.05. The van der Waals surface area contributed by atoms with Gasteiger partial charge in [0.25, 0.3) is 5.56 Å². The maximum absolute atomic E-state index is 12.2. The summed E-state index contributed by atoms with van der Waals surface area (Å²) in [5.74, 6) is 0.316. The predicted octanol–water partition coefficient (Wildman–Crippen LogP) is 3.18. The van der Waals surface area contributed by atoms with Gasteiger partial charge in [-0.2, -0.15) is 4.98 Å². The van der Waals surface area contributed by atoms with Crippen LogP contribution in [0.15, 0.2) is 52.1 Å². The normalized spacial score (nSPS) is 11.3. The van der Waals surface area contributed by atoms with Crippen LogP contribution in [0.25, 0.3) is 22.6 Å². The van der Waals surface area contributed by atoms with Crippen LogP contribution in [-0.2, 0) is 13.0 Å². The summed E-state index contributed by atoms with van der Waals surface area (Å²) in [7, 11) is 0. The quantitative estimate of drug-likeness (QED) is 0.551. The van der Waals surface area contributed by atoms with Crippen molar-refractivity contribution in [2.24, 2.45) is 0 Å². The molecule has 2 heterocycles. The largest absolute Gasteiger partial charge is 0.349 e. The number of rotatable bonds is 4. The lowest BCUT2D eigenvalue weighted by Crippen LogP contribution is -2.29. The molecule has 2 aromatic rings. The minimum atomic E-state index is -0.660. The van der Waals surface area contributed by atoms with Crippen molar-refractivity contribution in [3.63, 3.8) is 0 Å². The molecular formula is C20H17ClN4O2. The highest BCUT2D eigenvalue weighted by Gasteiger charge is 2.18. The molecule has 7 heteroatoms. The smallest absolute Gasteiger partial charge is 0.322 e. The maximum atomic E-state index is 12.2. The fourth-order valence-corrected chi connectivity index (χ4v) is 3.35. The monoisotopic (exact) mass is 380 g/mol. The lowest BCUT2D eigenvalue weighted by atomic mass is 10.1. The average Bonchev–Trinajstić information content (AvgIpc) is 2.63. The Labute approximate surface area is 159 Å². The lowest BCUT2D eigenvalue weighted by Gasteiger charge is -2.17. The number of aromatic amines is 1. The molecule has 0 radical (unpaired) electrons. The first kappa shape index (κ1) is 17.4. The molecule has 136 valence electrons. The number of fused-ring (bicyclic) bond motifs is 2. The highest BCUT2D eigenvalue weighted by atomic mass is 35.5. The van der Waals surface area contributed by atoms with Gasteiger partial charge in [0.2, 0.25) is 0 Å². The standard InChI is InChI=1S/C20H17ClN4O2/c1-12-4-9-16-15(11-12)22-17-18(23-20(27)24-19(17)26)25(16)10-2-3-13-5-7-14(21)8-6-13/h4-9,11H,2-3,10H2,1H3,(H,24,26,27). The van der Waals surface area contributed by atoms with E-state index in [1.165, 1.54) is 5.56 Å². The van der Waals surface area contributed by atoms with E-state index < -0.39 is 11.2 Å². The highest BCUT2D eigenvalue weighted by molar-refractivity contribution is 6.30. The van der Waals surface area contributed by atoms with Crippen LogP contribution in [0.2, 0.25) is 5.02 Å². The van der Waals surface area contributed by atoms with Crippen molar-refractivity contribution in [2.75, 3.05) is 0 Å². The van der Waals surface area contributed by atoms with Crippen LogP contribution in [0.4, 0.5) is 0 Å². The van der Waals surface area contributed by atoms with Gasteiger partial charge in [0.15, 0.2) is 11.5 Å². The van der Waals surface area contributed by atoms with Crippen LogP contribution in [0, 0.1) is 6.92 Å². The molecule has 0 unspecified atom stereocenters. The molecule has 1 N–H and O–H groups in total. The van der Waals surface area contributed by atoms with Crippen molar-refractivity contribution in [1.29, 1.82) is 0 Å². The number of aromatic nitrogens is 4. The third-order valence-electron chi connectivity index (χ3n) is 4.52. The number of hydrogen-bond donors (Lipinski definition) is 1. The highest BCUT2D eigenvalue weighted by Crippen LogP contribution is 2.22. The first-order valence-electron chi connectivity index (χ1n) is 8.67. The molecule has 0 saturated heterocycles. The molecule has 0 aromatic heterocycles. The van der Waals surface area contributed by atoms with Crippen molar-refractivity contribution < 1.29 is 0 Å². The average molecular weight is 381 g/mol. The van der Waals surface area contributed by atoms with Gasteiger partial charge in [-0.25, -0.2) is 9.78 Å². The van der Waals surface area contributed by atoms with Crippen molar-refractivity contribution in [2.45, 2.75) is 26.3 Å². The van der Waals surface area contributed by atoms with E-state index in [4.69, 9.17) is 11.6 Å². The second-order valence-corrected chi connectivity index (χ2v) is 6.97. The van der Waals surface area contributed by atoms with E-state index >= 15 is 0 Å². The summed E-state index contributed by atoms with van der Waals surface area (Å²) in [6.45, 7) is 2.58. The molecule has 0 amide bonds. The number of benzene rings is 2. The molecule has 2 aromatic carbocycles. The van der Waals surface area contributed by atoms with E-state index in [0.29, 0.717) is 22.9 Å². The maximum Gasteiger partial charge on any atom is 0.349 e. The molecule has 4 rings (SSSR count). The Kier molecular flexibility index (Phi) is 4.49. The van der Waals surface area contributed by atoms with Crippen LogP contribution >= 0.6 is 11.6 Å². The van der Waals surface area contributed by atoms with Crippen LogP contribution in [0.3, 0.4) is 0 Å².